The molecule has 0 bridgehead atoms. The van der Waals surface area contributed by atoms with Crippen molar-refractivity contribution < 1.29 is 9.21 Å². The van der Waals surface area contributed by atoms with Crippen molar-refractivity contribution >= 4 is 34.8 Å². The maximum Gasteiger partial charge on any atom is 0.312 e. The number of halogens is 2. The van der Waals surface area contributed by atoms with E-state index in [0.717, 1.165) is 11.3 Å². The Balaban J connectivity index is 2.35. The van der Waals surface area contributed by atoms with E-state index < -0.39 is 5.38 Å². The molecule has 5 nitrogen and oxygen atoms in total. The number of carbonyl (C=O) groups excluding carboxylic acids is 1. The molecule has 1 aromatic carbocycles. The van der Waals surface area contributed by atoms with Crippen LogP contribution in [-0.2, 0) is 11.3 Å². The van der Waals surface area contributed by atoms with Crippen LogP contribution in [0.25, 0.3) is 0 Å². The van der Waals surface area contributed by atoms with Gasteiger partial charge in [-0.3, -0.25) is 4.79 Å². The zero-order valence-electron chi connectivity index (χ0n) is 11.7. The van der Waals surface area contributed by atoms with Crippen LogP contribution in [0.5, 0.6) is 0 Å². The lowest BCUT2D eigenvalue weighted by Crippen LogP contribution is -2.36. The summed E-state index contributed by atoms with van der Waals surface area (Å²) in [5.41, 5.74) is 1.72. The number of hydrogen-bond acceptors (Lipinski definition) is 4. The normalized spacial score (nSPS) is 12.2. The molecular weight excluding hydrogens is 313 g/mol. The van der Waals surface area contributed by atoms with E-state index >= 15 is 0 Å². The topological polar surface area (TPSA) is 59.2 Å². The Morgan fingerprint density at radius 3 is 2.67 bits per heavy atom. The third-order valence-electron chi connectivity index (χ3n) is 3.03. The van der Waals surface area contributed by atoms with E-state index in [2.05, 4.69) is 10.2 Å². The highest BCUT2D eigenvalue weighted by atomic mass is 35.5. The molecule has 0 aliphatic carbocycles. The van der Waals surface area contributed by atoms with Gasteiger partial charge in [-0.25, -0.2) is 0 Å². The number of carbonyl (C=O) groups is 1. The predicted molar refractivity (Wildman–Crippen MR) is 81.6 cm³/mol. The summed E-state index contributed by atoms with van der Waals surface area (Å²) >= 11 is 11.7. The second-order valence-electron chi connectivity index (χ2n) is 4.54. The first-order valence-electron chi connectivity index (χ1n) is 6.52. The highest BCUT2D eigenvalue weighted by Crippen LogP contribution is 2.24. The van der Waals surface area contributed by atoms with Gasteiger partial charge in [0.25, 0.3) is 0 Å². The predicted octanol–water partition coefficient (Wildman–Crippen LogP) is 3.58. The number of aromatic nitrogens is 2. The maximum absolute atomic E-state index is 12.5. The highest BCUT2D eigenvalue weighted by Gasteiger charge is 2.25. The molecule has 0 saturated heterocycles. The standard InChI is InChI=1S/C14H15Cl2N3O2/c1-3-10(15)13(20)19(8-12-17-18-14(16)21-12)11-7-5-4-6-9(11)2/h4-7,10H,3,8H2,1-2H3. The molecule has 0 aliphatic rings. The first-order chi connectivity index (χ1) is 10.0. The lowest BCUT2D eigenvalue weighted by molar-refractivity contribution is -0.118. The Hall–Kier alpha value is -1.59. The molecule has 0 fully saturated rings. The van der Waals surface area contributed by atoms with Crippen LogP contribution in [0.1, 0.15) is 24.8 Å². The van der Waals surface area contributed by atoms with Gasteiger partial charge in [0.2, 0.25) is 11.8 Å². The van der Waals surface area contributed by atoms with Gasteiger partial charge in [0.15, 0.2) is 0 Å². The Bertz CT molecular complexity index is 630. The second kappa shape index (κ2) is 6.91. The summed E-state index contributed by atoms with van der Waals surface area (Å²) in [6, 6.07) is 7.54. The van der Waals surface area contributed by atoms with Crippen molar-refractivity contribution in [2.24, 2.45) is 0 Å². The van der Waals surface area contributed by atoms with Crippen LogP contribution in [0.2, 0.25) is 5.35 Å². The lowest BCUT2D eigenvalue weighted by atomic mass is 10.1. The van der Waals surface area contributed by atoms with Gasteiger partial charge < -0.3 is 9.32 Å². The maximum atomic E-state index is 12.5. The molecule has 7 heteroatoms. The minimum atomic E-state index is -0.608. The van der Waals surface area contributed by atoms with Crippen molar-refractivity contribution in [3.8, 4) is 0 Å². The van der Waals surface area contributed by atoms with Crippen molar-refractivity contribution in [1.82, 2.24) is 10.2 Å². The molecule has 0 saturated carbocycles. The number of hydrogen-bond donors (Lipinski definition) is 0. The fourth-order valence-corrected chi connectivity index (χ4v) is 2.17. The van der Waals surface area contributed by atoms with Crippen molar-refractivity contribution in [3.63, 3.8) is 0 Å². The average molecular weight is 328 g/mol. The number of anilines is 1. The third-order valence-corrected chi connectivity index (χ3v) is 3.68. The first kappa shape index (κ1) is 15.8. The van der Waals surface area contributed by atoms with E-state index in [1.54, 1.807) is 4.90 Å². The molecule has 2 rings (SSSR count). The molecular formula is C14H15Cl2N3O2. The number of benzene rings is 1. The summed E-state index contributed by atoms with van der Waals surface area (Å²) in [7, 11) is 0. The number of alkyl halides is 1. The van der Waals surface area contributed by atoms with Crippen LogP contribution in [0.3, 0.4) is 0 Å². The SMILES string of the molecule is CCC(Cl)C(=O)N(Cc1nnc(Cl)o1)c1ccccc1C. The van der Waals surface area contributed by atoms with Crippen LogP contribution >= 0.6 is 23.2 Å². The molecule has 0 aliphatic heterocycles. The van der Waals surface area contributed by atoms with Gasteiger partial charge in [0, 0.05) is 5.69 Å². The van der Waals surface area contributed by atoms with Gasteiger partial charge in [-0.1, -0.05) is 30.2 Å². The van der Waals surface area contributed by atoms with Crippen LogP contribution in [-0.4, -0.2) is 21.5 Å². The highest BCUT2D eigenvalue weighted by molar-refractivity contribution is 6.32. The Morgan fingerprint density at radius 1 is 1.38 bits per heavy atom. The zero-order valence-corrected chi connectivity index (χ0v) is 13.2. The summed E-state index contributed by atoms with van der Waals surface area (Å²) in [6.45, 7) is 3.91. The summed E-state index contributed by atoms with van der Waals surface area (Å²) in [5.74, 6) is 0.0550. The molecule has 1 aromatic heterocycles. The minimum Gasteiger partial charge on any atom is -0.410 e. The molecule has 1 unspecified atom stereocenters. The van der Waals surface area contributed by atoms with E-state index in [9.17, 15) is 4.79 Å². The Morgan fingerprint density at radius 2 is 2.10 bits per heavy atom. The summed E-state index contributed by atoms with van der Waals surface area (Å²) in [5, 5.41) is 6.72. The smallest absolute Gasteiger partial charge is 0.312 e. The van der Waals surface area contributed by atoms with Crippen LogP contribution < -0.4 is 4.90 Å². The fourth-order valence-electron chi connectivity index (χ4n) is 1.92. The Labute approximate surface area is 132 Å². The van der Waals surface area contributed by atoms with Crippen LogP contribution in [0.15, 0.2) is 28.7 Å². The summed E-state index contributed by atoms with van der Waals surface area (Å²) in [6.07, 6.45) is 0.535. The van der Waals surface area contributed by atoms with Crippen molar-refractivity contribution in [3.05, 3.63) is 41.1 Å². The molecule has 1 atom stereocenters. The van der Waals surface area contributed by atoms with Gasteiger partial charge in [0.05, 0.1) is 0 Å². The number of nitrogens with zero attached hydrogens (tertiary/aromatic N) is 3. The van der Waals surface area contributed by atoms with Gasteiger partial charge in [-0.15, -0.1) is 16.7 Å². The lowest BCUT2D eigenvalue weighted by Gasteiger charge is -2.24. The molecule has 0 N–H and O–H groups in total. The van der Waals surface area contributed by atoms with Crippen molar-refractivity contribution in [1.29, 1.82) is 0 Å². The molecule has 1 heterocycles. The summed E-state index contributed by atoms with van der Waals surface area (Å²) < 4.78 is 5.15. The van der Waals surface area contributed by atoms with E-state index in [-0.39, 0.29) is 23.7 Å². The number of aryl methyl sites for hydroxylation is 1. The number of para-hydroxylation sites is 1. The monoisotopic (exact) mass is 327 g/mol. The molecule has 0 spiro atoms. The first-order valence-corrected chi connectivity index (χ1v) is 7.33. The Kier molecular flexibility index (Phi) is 5.20. The van der Waals surface area contributed by atoms with E-state index in [1.807, 2.05) is 38.1 Å². The quantitative estimate of drug-likeness (QED) is 0.787. The van der Waals surface area contributed by atoms with Crippen molar-refractivity contribution in [2.45, 2.75) is 32.2 Å². The largest absolute Gasteiger partial charge is 0.410 e. The summed E-state index contributed by atoms with van der Waals surface area (Å²) in [4.78, 5) is 14.1. The number of rotatable bonds is 5. The van der Waals surface area contributed by atoms with Gasteiger partial charge in [0.1, 0.15) is 11.9 Å². The molecule has 21 heavy (non-hydrogen) atoms. The van der Waals surface area contributed by atoms with E-state index in [1.165, 1.54) is 0 Å². The van der Waals surface area contributed by atoms with Gasteiger partial charge in [-0.05, 0) is 36.6 Å². The number of amides is 1. The van der Waals surface area contributed by atoms with Gasteiger partial charge >= 0.3 is 5.35 Å². The third kappa shape index (κ3) is 3.74. The minimum absolute atomic E-state index is 0.0555. The molecule has 2 aromatic rings. The zero-order chi connectivity index (χ0) is 15.4. The second-order valence-corrected chi connectivity index (χ2v) is 5.39. The van der Waals surface area contributed by atoms with E-state index in [0.29, 0.717) is 6.42 Å². The van der Waals surface area contributed by atoms with Crippen LogP contribution in [0, 0.1) is 6.92 Å². The van der Waals surface area contributed by atoms with Gasteiger partial charge in [-0.2, -0.15) is 0 Å². The average Bonchev–Trinajstić information content (AvgIpc) is 2.89. The van der Waals surface area contributed by atoms with Crippen LogP contribution in [0.4, 0.5) is 5.69 Å². The van der Waals surface area contributed by atoms with Crippen molar-refractivity contribution in [2.75, 3.05) is 4.90 Å². The van der Waals surface area contributed by atoms with E-state index in [4.69, 9.17) is 27.6 Å². The molecule has 0 radical (unpaired) electrons. The molecule has 1 amide bonds. The molecule has 112 valence electrons. The fraction of sp³-hybridized carbons (Fsp3) is 0.357.